The summed E-state index contributed by atoms with van der Waals surface area (Å²) in [5.41, 5.74) is 3.95. The van der Waals surface area contributed by atoms with Gasteiger partial charge in [0.1, 0.15) is 0 Å². The summed E-state index contributed by atoms with van der Waals surface area (Å²) < 4.78 is 0. The molecule has 3 nitrogen and oxygen atoms in total. The molecule has 1 unspecified atom stereocenters. The van der Waals surface area contributed by atoms with Gasteiger partial charge in [-0.05, 0) is 29.7 Å². The van der Waals surface area contributed by atoms with E-state index in [2.05, 4.69) is 58.5 Å². The van der Waals surface area contributed by atoms with Gasteiger partial charge in [-0.1, -0.05) is 37.3 Å². The molecular weight excluding hydrogens is 258 g/mol. The Labute approximate surface area is 127 Å². The zero-order valence-electron chi connectivity index (χ0n) is 12.6. The van der Waals surface area contributed by atoms with E-state index in [-0.39, 0.29) is 0 Å². The molecule has 0 radical (unpaired) electrons. The summed E-state index contributed by atoms with van der Waals surface area (Å²) in [6.07, 6.45) is 2.98. The third kappa shape index (κ3) is 3.49. The molecule has 1 fully saturated rings. The van der Waals surface area contributed by atoms with Gasteiger partial charge in [-0.2, -0.15) is 0 Å². The predicted molar refractivity (Wildman–Crippen MR) is 86.1 cm³/mol. The molecule has 2 aromatic rings. The van der Waals surface area contributed by atoms with Crippen LogP contribution < -0.4 is 5.32 Å². The van der Waals surface area contributed by atoms with Gasteiger partial charge in [0, 0.05) is 38.4 Å². The van der Waals surface area contributed by atoms with Crippen LogP contribution in [-0.4, -0.2) is 29.5 Å². The summed E-state index contributed by atoms with van der Waals surface area (Å²) in [5, 5.41) is 3.52. The summed E-state index contributed by atoms with van der Waals surface area (Å²) in [6, 6.07) is 15.7. The van der Waals surface area contributed by atoms with Gasteiger partial charge in [0.2, 0.25) is 0 Å². The molecule has 0 amide bonds. The van der Waals surface area contributed by atoms with E-state index in [1.165, 1.54) is 11.1 Å². The summed E-state index contributed by atoms with van der Waals surface area (Å²) in [4.78, 5) is 6.99. The third-order valence-electron chi connectivity index (χ3n) is 4.22. The lowest BCUT2D eigenvalue weighted by molar-refractivity contribution is 0.152. The van der Waals surface area contributed by atoms with Crippen molar-refractivity contribution < 1.29 is 0 Å². The lowest BCUT2D eigenvalue weighted by Crippen LogP contribution is -2.45. The Balaban J connectivity index is 1.77. The highest BCUT2D eigenvalue weighted by atomic mass is 15.2. The minimum Gasteiger partial charge on any atom is -0.314 e. The lowest BCUT2D eigenvalue weighted by Gasteiger charge is -2.36. The second kappa shape index (κ2) is 6.83. The van der Waals surface area contributed by atoms with Crippen molar-refractivity contribution in [2.24, 2.45) is 0 Å². The van der Waals surface area contributed by atoms with Crippen molar-refractivity contribution in [3.05, 3.63) is 65.5 Å². The number of rotatable bonds is 4. The molecule has 110 valence electrons. The minimum atomic E-state index is 0.437. The second-order valence-corrected chi connectivity index (χ2v) is 5.61. The van der Waals surface area contributed by atoms with E-state index in [4.69, 9.17) is 0 Å². The first kappa shape index (κ1) is 14.2. The maximum Gasteiger partial charge on any atom is 0.0544 e. The number of pyridine rings is 1. The van der Waals surface area contributed by atoms with Crippen molar-refractivity contribution >= 4 is 0 Å². The van der Waals surface area contributed by atoms with Crippen LogP contribution in [0.2, 0.25) is 0 Å². The highest BCUT2D eigenvalue weighted by molar-refractivity contribution is 5.26. The number of benzene rings is 1. The van der Waals surface area contributed by atoms with Crippen molar-refractivity contribution in [2.75, 3.05) is 19.6 Å². The number of nitrogens with one attached hydrogen (secondary N) is 1. The van der Waals surface area contributed by atoms with Crippen LogP contribution in [-0.2, 0) is 13.0 Å². The molecule has 0 saturated carbocycles. The van der Waals surface area contributed by atoms with Crippen molar-refractivity contribution in [3.63, 3.8) is 0 Å². The lowest BCUT2D eigenvalue weighted by atomic mass is 10.0. The summed E-state index contributed by atoms with van der Waals surface area (Å²) in [7, 11) is 0. The van der Waals surface area contributed by atoms with Gasteiger partial charge >= 0.3 is 0 Å². The number of aromatic nitrogens is 1. The van der Waals surface area contributed by atoms with Crippen LogP contribution in [0.5, 0.6) is 0 Å². The first-order valence-corrected chi connectivity index (χ1v) is 7.80. The largest absolute Gasteiger partial charge is 0.314 e. The number of piperazine rings is 1. The number of nitrogens with zero attached hydrogens (tertiary/aromatic N) is 2. The molecular formula is C18H23N3. The average molecular weight is 281 g/mol. The van der Waals surface area contributed by atoms with Gasteiger partial charge in [0.05, 0.1) is 5.69 Å². The molecule has 1 saturated heterocycles. The predicted octanol–water partition coefficient (Wildman–Crippen LogP) is 2.79. The zero-order chi connectivity index (χ0) is 14.5. The van der Waals surface area contributed by atoms with Crippen molar-refractivity contribution in [1.29, 1.82) is 0 Å². The number of hydrogen-bond acceptors (Lipinski definition) is 3. The minimum absolute atomic E-state index is 0.437. The van der Waals surface area contributed by atoms with E-state index < -0.39 is 0 Å². The van der Waals surface area contributed by atoms with Crippen molar-refractivity contribution in [3.8, 4) is 0 Å². The molecule has 3 heteroatoms. The second-order valence-electron chi connectivity index (χ2n) is 5.61. The molecule has 1 atom stereocenters. The van der Waals surface area contributed by atoms with E-state index in [1.807, 2.05) is 12.3 Å². The van der Waals surface area contributed by atoms with E-state index in [9.17, 15) is 0 Å². The van der Waals surface area contributed by atoms with Crippen LogP contribution in [0.1, 0.15) is 29.8 Å². The first-order valence-electron chi connectivity index (χ1n) is 7.80. The first-order chi connectivity index (χ1) is 10.4. The highest BCUT2D eigenvalue weighted by Crippen LogP contribution is 2.24. The molecule has 3 rings (SSSR count). The Hall–Kier alpha value is -1.71. The van der Waals surface area contributed by atoms with Crippen LogP contribution in [0.15, 0.2) is 48.7 Å². The van der Waals surface area contributed by atoms with Gasteiger partial charge in [0.25, 0.3) is 0 Å². The summed E-state index contributed by atoms with van der Waals surface area (Å²) in [5.74, 6) is 0. The molecule has 1 aromatic carbocycles. The van der Waals surface area contributed by atoms with Crippen LogP contribution >= 0.6 is 0 Å². The Kier molecular flexibility index (Phi) is 4.63. The van der Waals surface area contributed by atoms with E-state index >= 15 is 0 Å². The molecule has 1 aliphatic heterocycles. The molecule has 1 aromatic heterocycles. The number of hydrogen-bond donors (Lipinski definition) is 1. The SMILES string of the molecule is CCc1ccc(C2CNCCN2Cc2ccccn2)cc1. The topological polar surface area (TPSA) is 28.2 Å². The Morgan fingerprint density at radius 2 is 2.05 bits per heavy atom. The van der Waals surface area contributed by atoms with Crippen LogP contribution in [0.25, 0.3) is 0 Å². The average Bonchev–Trinajstić information content (AvgIpc) is 2.56. The van der Waals surface area contributed by atoms with Crippen molar-refractivity contribution in [1.82, 2.24) is 15.2 Å². The number of aryl methyl sites for hydroxylation is 1. The van der Waals surface area contributed by atoms with Crippen LogP contribution in [0.4, 0.5) is 0 Å². The van der Waals surface area contributed by atoms with Gasteiger partial charge in [-0.25, -0.2) is 0 Å². The van der Waals surface area contributed by atoms with Crippen molar-refractivity contribution in [2.45, 2.75) is 25.9 Å². The van der Waals surface area contributed by atoms with Gasteiger partial charge in [-0.3, -0.25) is 9.88 Å². The van der Waals surface area contributed by atoms with Gasteiger partial charge in [-0.15, -0.1) is 0 Å². The van der Waals surface area contributed by atoms with Crippen LogP contribution in [0.3, 0.4) is 0 Å². The van der Waals surface area contributed by atoms with Gasteiger partial charge < -0.3 is 5.32 Å². The summed E-state index contributed by atoms with van der Waals surface area (Å²) >= 11 is 0. The van der Waals surface area contributed by atoms with Gasteiger partial charge in [0.15, 0.2) is 0 Å². The fourth-order valence-corrected chi connectivity index (χ4v) is 2.94. The third-order valence-corrected chi connectivity index (χ3v) is 4.22. The molecule has 1 N–H and O–H groups in total. The maximum atomic E-state index is 4.47. The maximum absolute atomic E-state index is 4.47. The zero-order valence-corrected chi connectivity index (χ0v) is 12.6. The fourth-order valence-electron chi connectivity index (χ4n) is 2.94. The normalized spacial score (nSPS) is 19.6. The molecule has 0 aliphatic carbocycles. The fraction of sp³-hybridized carbons (Fsp3) is 0.389. The molecule has 2 heterocycles. The standard InChI is InChI=1S/C18H23N3/c1-2-15-6-8-16(9-7-15)18-13-19-11-12-21(18)14-17-5-3-4-10-20-17/h3-10,18-19H,2,11-14H2,1H3. The molecule has 0 spiro atoms. The summed E-state index contributed by atoms with van der Waals surface area (Å²) in [6.45, 7) is 6.25. The molecule has 1 aliphatic rings. The monoisotopic (exact) mass is 281 g/mol. The van der Waals surface area contributed by atoms with E-state index in [0.29, 0.717) is 6.04 Å². The molecule has 21 heavy (non-hydrogen) atoms. The Morgan fingerprint density at radius 1 is 1.19 bits per heavy atom. The van der Waals surface area contributed by atoms with Crippen LogP contribution in [0, 0.1) is 0 Å². The highest BCUT2D eigenvalue weighted by Gasteiger charge is 2.23. The van der Waals surface area contributed by atoms with E-state index in [0.717, 1.165) is 38.3 Å². The smallest absolute Gasteiger partial charge is 0.0544 e. The Bertz CT molecular complexity index is 550. The Morgan fingerprint density at radius 3 is 2.76 bits per heavy atom. The molecule has 0 bridgehead atoms. The quantitative estimate of drug-likeness (QED) is 0.934. The van der Waals surface area contributed by atoms with E-state index in [1.54, 1.807) is 0 Å².